The van der Waals surface area contributed by atoms with E-state index in [1.54, 1.807) is 28.6 Å². The van der Waals surface area contributed by atoms with Gasteiger partial charge >= 0.3 is 0 Å². The van der Waals surface area contributed by atoms with Crippen LogP contribution in [-0.2, 0) is 11.3 Å². The maximum absolute atomic E-state index is 13.3. The van der Waals surface area contributed by atoms with Gasteiger partial charge in [-0.3, -0.25) is 9.69 Å². The second-order valence-electron chi connectivity index (χ2n) is 7.95. The summed E-state index contributed by atoms with van der Waals surface area (Å²) in [5, 5.41) is 4.36. The van der Waals surface area contributed by atoms with Crippen LogP contribution in [0.4, 0.5) is 5.95 Å². The zero-order chi connectivity index (χ0) is 18.9. The highest BCUT2D eigenvalue weighted by atomic mass is 32.1. The number of aromatic nitrogens is 2. The number of rotatable bonds is 4. The van der Waals surface area contributed by atoms with E-state index in [9.17, 15) is 4.79 Å². The summed E-state index contributed by atoms with van der Waals surface area (Å²) in [7, 11) is 3.76. The van der Waals surface area contributed by atoms with Crippen molar-refractivity contribution in [2.45, 2.75) is 19.4 Å². The molecule has 0 bridgehead atoms. The Labute approximate surface area is 164 Å². The van der Waals surface area contributed by atoms with Crippen molar-refractivity contribution >= 4 is 23.2 Å². The quantitative estimate of drug-likeness (QED) is 0.809. The maximum atomic E-state index is 13.3. The summed E-state index contributed by atoms with van der Waals surface area (Å²) in [6.45, 7) is 4.51. The molecule has 27 heavy (non-hydrogen) atoms. The van der Waals surface area contributed by atoms with E-state index in [1.165, 1.54) is 5.56 Å². The molecule has 6 nitrogen and oxygen atoms in total. The van der Waals surface area contributed by atoms with Gasteiger partial charge in [-0.2, -0.15) is 11.3 Å². The van der Waals surface area contributed by atoms with Crippen molar-refractivity contribution in [2.24, 2.45) is 11.3 Å². The van der Waals surface area contributed by atoms with Crippen molar-refractivity contribution in [1.29, 1.82) is 0 Å². The summed E-state index contributed by atoms with van der Waals surface area (Å²) in [4.78, 5) is 28.7. The average Bonchev–Trinajstić information content (AvgIpc) is 3.27. The highest BCUT2D eigenvalue weighted by molar-refractivity contribution is 7.07. The number of fused-ring (bicyclic) bond motifs is 1. The highest BCUT2D eigenvalue weighted by Gasteiger charge is 2.54. The summed E-state index contributed by atoms with van der Waals surface area (Å²) in [6.07, 6.45) is 5.53. The number of hydrogen-bond acceptors (Lipinski definition) is 6. The molecular weight excluding hydrogens is 358 g/mol. The highest BCUT2D eigenvalue weighted by Crippen LogP contribution is 2.44. The van der Waals surface area contributed by atoms with Gasteiger partial charge < -0.3 is 9.80 Å². The SMILES string of the molecule is CN(C)C(=O)[C@]12CCCN(Cc3ccsc3)C[C@H]1CN(c1ncccn1)C2. The van der Waals surface area contributed by atoms with Crippen molar-refractivity contribution in [3.8, 4) is 0 Å². The first-order valence-corrected chi connectivity index (χ1v) is 10.5. The average molecular weight is 386 g/mol. The largest absolute Gasteiger partial charge is 0.348 e. The molecular formula is C20H27N5OS. The number of hydrogen-bond donors (Lipinski definition) is 0. The fraction of sp³-hybridized carbons (Fsp3) is 0.550. The Morgan fingerprint density at radius 1 is 1.33 bits per heavy atom. The van der Waals surface area contributed by atoms with Crippen LogP contribution >= 0.6 is 11.3 Å². The number of thiophene rings is 1. The minimum Gasteiger partial charge on any atom is -0.348 e. The van der Waals surface area contributed by atoms with E-state index in [-0.39, 0.29) is 17.2 Å². The van der Waals surface area contributed by atoms with Crippen LogP contribution in [0.25, 0.3) is 0 Å². The van der Waals surface area contributed by atoms with Gasteiger partial charge in [0, 0.05) is 58.6 Å². The van der Waals surface area contributed by atoms with E-state index < -0.39 is 0 Å². The number of amides is 1. The summed E-state index contributed by atoms with van der Waals surface area (Å²) in [5.74, 6) is 1.28. The molecule has 0 saturated carbocycles. The van der Waals surface area contributed by atoms with Crippen molar-refractivity contribution in [3.05, 3.63) is 40.8 Å². The van der Waals surface area contributed by atoms with Gasteiger partial charge in [0.05, 0.1) is 5.41 Å². The Morgan fingerprint density at radius 3 is 2.85 bits per heavy atom. The molecule has 0 radical (unpaired) electrons. The van der Waals surface area contributed by atoms with Crippen molar-refractivity contribution in [1.82, 2.24) is 19.8 Å². The third kappa shape index (κ3) is 3.58. The predicted molar refractivity (Wildman–Crippen MR) is 108 cm³/mol. The third-order valence-electron chi connectivity index (χ3n) is 5.92. The zero-order valence-corrected chi connectivity index (χ0v) is 16.9. The van der Waals surface area contributed by atoms with Crippen LogP contribution in [0.5, 0.6) is 0 Å². The minimum absolute atomic E-state index is 0.253. The third-order valence-corrected chi connectivity index (χ3v) is 6.66. The Morgan fingerprint density at radius 2 is 2.15 bits per heavy atom. The lowest BCUT2D eigenvalue weighted by atomic mass is 9.74. The molecule has 0 N–H and O–H groups in total. The first kappa shape index (κ1) is 18.4. The van der Waals surface area contributed by atoms with Crippen LogP contribution in [0.1, 0.15) is 18.4 Å². The van der Waals surface area contributed by atoms with Crippen molar-refractivity contribution in [3.63, 3.8) is 0 Å². The normalized spacial score (nSPS) is 25.9. The summed E-state index contributed by atoms with van der Waals surface area (Å²) in [5.41, 5.74) is 1.03. The molecule has 4 rings (SSSR count). The van der Waals surface area contributed by atoms with E-state index in [0.717, 1.165) is 45.0 Å². The van der Waals surface area contributed by atoms with Crippen LogP contribution < -0.4 is 4.90 Å². The molecule has 1 amide bonds. The molecule has 0 spiro atoms. The Kier molecular flexibility index (Phi) is 5.14. The fourth-order valence-electron chi connectivity index (χ4n) is 4.70. The fourth-order valence-corrected chi connectivity index (χ4v) is 5.36. The molecule has 4 heterocycles. The molecule has 2 aliphatic rings. The number of anilines is 1. The van der Waals surface area contributed by atoms with E-state index in [1.807, 2.05) is 20.2 Å². The molecule has 2 atom stereocenters. The van der Waals surface area contributed by atoms with Gasteiger partial charge in [0.2, 0.25) is 11.9 Å². The van der Waals surface area contributed by atoms with Crippen LogP contribution in [0.15, 0.2) is 35.3 Å². The molecule has 7 heteroatoms. The van der Waals surface area contributed by atoms with Crippen LogP contribution in [0.3, 0.4) is 0 Å². The van der Waals surface area contributed by atoms with Gasteiger partial charge in [-0.25, -0.2) is 9.97 Å². The first-order valence-electron chi connectivity index (χ1n) is 9.56. The van der Waals surface area contributed by atoms with E-state index in [2.05, 4.69) is 36.6 Å². The summed E-state index contributed by atoms with van der Waals surface area (Å²) >= 11 is 1.75. The predicted octanol–water partition coefficient (Wildman–Crippen LogP) is 2.34. The van der Waals surface area contributed by atoms with E-state index >= 15 is 0 Å². The lowest BCUT2D eigenvalue weighted by Gasteiger charge is -2.34. The number of nitrogens with zero attached hydrogens (tertiary/aromatic N) is 5. The van der Waals surface area contributed by atoms with Gasteiger partial charge in [-0.15, -0.1) is 0 Å². The van der Waals surface area contributed by atoms with Gasteiger partial charge in [-0.1, -0.05) is 0 Å². The molecule has 0 aromatic carbocycles. The molecule has 144 valence electrons. The van der Waals surface area contributed by atoms with Crippen LogP contribution in [0, 0.1) is 11.3 Å². The van der Waals surface area contributed by atoms with Gasteiger partial charge in [0.25, 0.3) is 0 Å². The number of likely N-dealkylation sites (tertiary alicyclic amines) is 1. The standard InChI is InChI=1S/C20H27N5OS/c1-23(2)18(26)20-6-3-9-24(11-16-5-10-27-14-16)12-17(20)13-25(15-20)19-21-7-4-8-22-19/h4-5,7-8,10,14,17H,3,6,9,11-13,15H2,1-2H3/t17-,20-/m0/s1. The molecule has 2 saturated heterocycles. The summed E-state index contributed by atoms with van der Waals surface area (Å²) < 4.78 is 0. The number of carbonyl (C=O) groups is 1. The molecule has 2 aliphatic heterocycles. The lowest BCUT2D eigenvalue weighted by molar-refractivity contribution is -0.141. The van der Waals surface area contributed by atoms with Gasteiger partial charge in [-0.05, 0) is 47.8 Å². The second kappa shape index (κ2) is 7.56. The van der Waals surface area contributed by atoms with Gasteiger partial charge in [0.1, 0.15) is 0 Å². The van der Waals surface area contributed by atoms with E-state index in [4.69, 9.17) is 0 Å². The molecule has 2 aromatic heterocycles. The first-order chi connectivity index (χ1) is 13.1. The van der Waals surface area contributed by atoms with Crippen molar-refractivity contribution in [2.75, 3.05) is 45.2 Å². The van der Waals surface area contributed by atoms with Crippen molar-refractivity contribution < 1.29 is 4.79 Å². The monoisotopic (exact) mass is 385 g/mol. The Bertz CT molecular complexity index is 766. The van der Waals surface area contributed by atoms with Crippen LogP contribution in [0.2, 0.25) is 0 Å². The number of carbonyl (C=O) groups excluding carboxylic acids is 1. The Balaban J connectivity index is 1.60. The van der Waals surface area contributed by atoms with Gasteiger partial charge in [0.15, 0.2) is 0 Å². The molecule has 0 aliphatic carbocycles. The molecule has 2 aromatic rings. The maximum Gasteiger partial charge on any atom is 0.230 e. The second-order valence-corrected chi connectivity index (χ2v) is 8.73. The Hall–Kier alpha value is -1.99. The minimum atomic E-state index is -0.341. The van der Waals surface area contributed by atoms with E-state index in [0.29, 0.717) is 6.54 Å². The smallest absolute Gasteiger partial charge is 0.230 e. The lowest BCUT2D eigenvalue weighted by Crippen LogP contribution is -2.47. The summed E-state index contributed by atoms with van der Waals surface area (Å²) in [6, 6.07) is 4.04. The molecule has 0 unspecified atom stereocenters. The molecule has 2 fully saturated rings. The van der Waals surface area contributed by atoms with Crippen LogP contribution in [-0.4, -0.2) is 65.9 Å². The topological polar surface area (TPSA) is 52.6 Å². The zero-order valence-electron chi connectivity index (χ0n) is 16.0.